The Bertz CT molecular complexity index is 3310. The van der Waals surface area contributed by atoms with Crippen LogP contribution in [0, 0.1) is 41.5 Å². The van der Waals surface area contributed by atoms with Crippen LogP contribution >= 0.6 is 0 Å². The van der Waals surface area contributed by atoms with Gasteiger partial charge >= 0.3 is 12.1 Å². The van der Waals surface area contributed by atoms with E-state index in [-0.39, 0.29) is 61.1 Å². The number of carboxylic acids is 1. The first-order valence-corrected chi connectivity index (χ1v) is 28.7. The number of hydrogen-bond donors (Lipinski definition) is 8. The van der Waals surface area contributed by atoms with Gasteiger partial charge in [0.05, 0.1) is 9.79 Å². The van der Waals surface area contributed by atoms with Crippen LogP contribution in [0.15, 0.2) is 68.3 Å². The van der Waals surface area contributed by atoms with Crippen LogP contribution in [-0.2, 0) is 52.0 Å². The van der Waals surface area contributed by atoms with E-state index >= 15 is 0 Å². The Morgan fingerprint density at radius 2 is 1.10 bits per heavy atom. The standard InChI is InChI=1S/C55H71N9O12S2/c1-29-31(3)47(33(5)39-25-54(7,8)75-45(29)39)77(70,71)63-51(56)58-23-15-21-42(61-44(65)27-60-53(69)74-28-41-37-19-13-11-17-35(37)36-18-12-14-20-38(36)41)49(66)62-43(50(67)68)22-16-24-59-52(57)64-78(72,73)48-32(4)30(2)46-40(34(48)6)26-55(9,10)76-46/h11-14,17-20,41-43H,15-16,21-28H2,1-10H3,(H,60,69)(H,61,65)(H,62,66)(H,67,68)(H3,56,58,63)(H3,57,59,64)/t42-,43-/m0/s1. The van der Waals surface area contributed by atoms with Gasteiger partial charge < -0.3 is 46.7 Å². The third kappa shape index (κ3) is 12.8. The normalized spacial score (nSPS) is 16.1. The zero-order valence-electron chi connectivity index (χ0n) is 45.7. The van der Waals surface area contributed by atoms with Crippen LogP contribution < -0.4 is 46.3 Å². The Morgan fingerprint density at radius 1 is 0.667 bits per heavy atom. The number of amides is 3. The van der Waals surface area contributed by atoms with Crippen molar-refractivity contribution in [1.82, 2.24) is 25.4 Å². The molecule has 3 aliphatic rings. The van der Waals surface area contributed by atoms with Crippen LogP contribution in [0.2, 0.25) is 0 Å². The first kappa shape index (κ1) is 58.3. The molecule has 2 heterocycles. The molecular formula is C55H71N9O12S2. The topological polar surface area (TPSA) is 321 Å². The molecule has 21 nitrogen and oxygen atoms in total. The molecule has 0 radical (unpaired) electrons. The third-order valence-corrected chi connectivity index (χ3v) is 17.7. The molecule has 3 amide bonds. The summed E-state index contributed by atoms with van der Waals surface area (Å²) in [6.45, 7) is 17.2. The molecule has 0 saturated carbocycles. The van der Waals surface area contributed by atoms with Crippen molar-refractivity contribution >= 4 is 55.8 Å². The molecule has 23 heteroatoms. The molecule has 2 atom stereocenters. The molecule has 4 aromatic carbocycles. The third-order valence-electron chi connectivity index (χ3n) is 14.5. The van der Waals surface area contributed by atoms with Crippen molar-refractivity contribution in [3.05, 3.63) is 104 Å². The van der Waals surface area contributed by atoms with E-state index in [0.29, 0.717) is 57.7 Å². The number of carboxylic acid groups (broad SMARTS) is 1. The SMILES string of the molecule is Cc1c(C)c(S(=O)(=O)NC(N)=NCCC[C@H](NC(=O)[C@H](CCCN=C(N)NS(=O)(=O)c2c(C)c(C)c3c(c2C)CC(C)(C)O3)NC(=O)CNC(=O)OCC2c3ccccc3-c3ccccc32)C(=O)O)c(C)c2c1OC(C)(C)C2. The molecule has 4 aromatic rings. The minimum absolute atomic E-state index is 0.0148. The average Bonchev–Trinajstić information content (AvgIpc) is 4.13. The van der Waals surface area contributed by atoms with Crippen LogP contribution in [0.4, 0.5) is 4.79 Å². The van der Waals surface area contributed by atoms with Gasteiger partial charge in [-0.3, -0.25) is 19.6 Å². The van der Waals surface area contributed by atoms with Gasteiger partial charge in [0, 0.05) is 43.0 Å². The van der Waals surface area contributed by atoms with Gasteiger partial charge in [-0.2, -0.15) is 0 Å². The molecule has 0 saturated heterocycles. The summed E-state index contributed by atoms with van der Waals surface area (Å²) in [7, 11) is -8.44. The highest BCUT2D eigenvalue weighted by atomic mass is 32.2. The monoisotopic (exact) mass is 1110 g/mol. The molecule has 2 aliphatic heterocycles. The number of hydrogen-bond acceptors (Lipinski definition) is 13. The van der Waals surface area contributed by atoms with E-state index in [4.69, 9.17) is 25.7 Å². The van der Waals surface area contributed by atoms with E-state index in [1.54, 1.807) is 41.5 Å². The van der Waals surface area contributed by atoms with Gasteiger partial charge in [0.1, 0.15) is 47.9 Å². The lowest BCUT2D eigenvalue weighted by Gasteiger charge is -2.21. The molecule has 0 fully saturated rings. The van der Waals surface area contributed by atoms with Gasteiger partial charge in [0.2, 0.25) is 23.7 Å². The number of alkyl carbamates (subject to hydrolysis) is 1. The molecule has 0 bridgehead atoms. The predicted molar refractivity (Wildman–Crippen MR) is 295 cm³/mol. The minimum Gasteiger partial charge on any atom is -0.487 e. The fraction of sp³-hybridized carbons (Fsp3) is 0.455. The number of carbonyl (C=O) groups excluding carboxylic acids is 3. The van der Waals surface area contributed by atoms with E-state index in [0.717, 1.165) is 33.4 Å². The summed E-state index contributed by atoms with van der Waals surface area (Å²) >= 11 is 0. The van der Waals surface area contributed by atoms with Crippen LogP contribution in [0.3, 0.4) is 0 Å². The molecule has 0 spiro atoms. The van der Waals surface area contributed by atoms with E-state index in [1.165, 1.54) is 0 Å². The molecule has 78 heavy (non-hydrogen) atoms. The second-order valence-corrected chi connectivity index (χ2v) is 24.6. The highest BCUT2D eigenvalue weighted by Gasteiger charge is 2.39. The number of sulfonamides is 2. The largest absolute Gasteiger partial charge is 0.487 e. The van der Waals surface area contributed by atoms with Crippen molar-refractivity contribution in [2.24, 2.45) is 21.5 Å². The van der Waals surface area contributed by atoms with E-state index in [9.17, 15) is 41.1 Å². The van der Waals surface area contributed by atoms with Gasteiger partial charge in [0.15, 0.2) is 0 Å². The van der Waals surface area contributed by atoms with Gasteiger partial charge in [-0.1, -0.05) is 48.5 Å². The zero-order chi connectivity index (χ0) is 57.2. The highest BCUT2D eigenvalue weighted by molar-refractivity contribution is 7.90. The Balaban J connectivity index is 0.982. The maximum atomic E-state index is 13.9. The Morgan fingerprint density at radius 3 is 1.55 bits per heavy atom. The number of nitrogens with two attached hydrogens (primary N) is 2. The van der Waals surface area contributed by atoms with Crippen molar-refractivity contribution in [3.8, 4) is 22.6 Å². The summed E-state index contributed by atoms with van der Waals surface area (Å²) < 4.78 is 77.5. The number of nitrogens with zero attached hydrogens (tertiary/aromatic N) is 2. The lowest BCUT2D eigenvalue weighted by Crippen LogP contribution is -2.53. The molecule has 0 aromatic heterocycles. The van der Waals surface area contributed by atoms with Crippen LogP contribution in [0.25, 0.3) is 11.1 Å². The summed E-state index contributed by atoms with van der Waals surface area (Å²) in [5.74, 6) is -2.86. The Kier molecular flexibility index (Phi) is 17.1. The van der Waals surface area contributed by atoms with Crippen LogP contribution in [0.5, 0.6) is 11.5 Å². The van der Waals surface area contributed by atoms with Crippen LogP contribution in [-0.4, -0.2) is 107 Å². The smallest absolute Gasteiger partial charge is 0.407 e. The number of ether oxygens (including phenoxy) is 3. The number of fused-ring (bicyclic) bond motifs is 5. The maximum absolute atomic E-state index is 13.9. The summed E-state index contributed by atoms with van der Waals surface area (Å²) in [5.41, 5.74) is 20.2. The van der Waals surface area contributed by atoms with Gasteiger partial charge in [0.25, 0.3) is 20.0 Å². The van der Waals surface area contributed by atoms with Crippen molar-refractivity contribution in [3.63, 3.8) is 0 Å². The quantitative estimate of drug-likeness (QED) is 0.0328. The highest BCUT2D eigenvalue weighted by Crippen LogP contribution is 2.46. The number of nitrogens with one attached hydrogen (secondary N) is 5. The fourth-order valence-corrected chi connectivity index (χ4v) is 13.6. The maximum Gasteiger partial charge on any atom is 0.407 e. The van der Waals surface area contributed by atoms with Crippen molar-refractivity contribution in [1.29, 1.82) is 0 Å². The summed E-state index contributed by atoms with van der Waals surface area (Å²) in [4.78, 5) is 61.2. The first-order valence-electron chi connectivity index (χ1n) is 25.7. The van der Waals surface area contributed by atoms with Crippen molar-refractivity contribution in [2.45, 2.75) is 147 Å². The number of aliphatic imine (C=N–C) groups is 2. The Labute approximate surface area is 455 Å². The van der Waals surface area contributed by atoms with Crippen LogP contribution in [0.1, 0.15) is 115 Å². The number of aliphatic carboxylic acids is 1. The summed E-state index contributed by atoms with van der Waals surface area (Å²) in [6.07, 6.45) is -0.107. The summed E-state index contributed by atoms with van der Waals surface area (Å²) in [6, 6.07) is 12.7. The molecule has 420 valence electrons. The molecule has 1 aliphatic carbocycles. The molecular weight excluding hydrogens is 1040 g/mol. The number of guanidine groups is 2. The lowest BCUT2D eigenvalue weighted by atomic mass is 9.94. The first-order chi connectivity index (χ1) is 36.5. The van der Waals surface area contributed by atoms with Gasteiger partial charge in [-0.25, -0.2) is 35.9 Å². The zero-order valence-corrected chi connectivity index (χ0v) is 47.4. The predicted octanol–water partition coefficient (Wildman–Crippen LogP) is 5.00. The number of carbonyl (C=O) groups is 4. The number of rotatable bonds is 20. The molecule has 7 rings (SSSR count). The van der Waals surface area contributed by atoms with E-state index in [1.807, 2.05) is 76.2 Å². The van der Waals surface area contributed by atoms with E-state index < -0.39 is 85.7 Å². The van der Waals surface area contributed by atoms with Crippen molar-refractivity contribution in [2.75, 3.05) is 26.2 Å². The fourth-order valence-electron chi connectivity index (χ4n) is 10.6. The number of benzene rings is 4. The van der Waals surface area contributed by atoms with E-state index in [2.05, 4.69) is 35.4 Å². The molecule has 0 unspecified atom stereocenters. The van der Waals surface area contributed by atoms with Crippen molar-refractivity contribution < 1.29 is 55.3 Å². The summed E-state index contributed by atoms with van der Waals surface area (Å²) in [5, 5.41) is 17.6. The Hall–Kier alpha value is -7.40. The second-order valence-electron chi connectivity index (χ2n) is 21.3. The van der Waals surface area contributed by atoms with Gasteiger partial charge in [-0.05, 0) is 151 Å². The van der Waals surface area contributed by atoms with Gasteiger partial charge in [-0.15, -0.1) is 0 Å². The second kappa shape index (κ2) is 22.9. The lowest BCUT2D eigenvalue weighted by molar-refractivity contribution is -0.142. The molecule has 10 N–H and O–H groups in total. The average molecular weight is 1110 g/mol. The minimum atomic E-state index is -4.23.